The molecule has 0 aromatic heterocycles. The molecule has 1 fully saturated rings. The normalized spacial score (nSPS) is 22.4. The van der Waals surface area contributed by atoms with Gasteiger partial charge in [-0.05, 0) is 24.5 Å². The molecule has 1 aliphatic heterocycles. The first kappa shape index (κ1) is 14.0. The zero-order chi connectivity index (χ0) is 13.9. The van der Waals surface area contributed by atoms with Crippen LogP contribution in [0.3, 0.4) is 0 Å². The molecule has 1 saturated carbocycles. The zero-order valence-corrected chi connectivity index (χ0v) is 12.6. The van der Waals surface area contributed by atoms with E-state index in [0.717, 1.165) is 12.3 Å². The van der Waals surface area contributed by atoms with E-state index in [2.05, 4.69) is 29.2 Å². The molecule has 1 amide bonds. The molecule has 2 aliphatic rings. The molecule has 0 bridgehead atoms. The second kappa shape index (κ2) is 6.19. The smallest absolute Gasteiger partial charge is 0.231 e. The average Bonchev–Trinajstić information content (AvgIpc) is 3.07. The highest BCUT2D eigenvalue weighted by Gasteiger charge is 2.29. The van der Waals surface area contributed by atoms with Gasteiger partial charge in [0.2, 0.25) is 5.91 Å². The Bertz CT molecular complexity index is 485. The summed E-state index contributed by atoms with van der Waals surface area (Å²) in [6.07, 6.45) is 5.01. The molecule has 1 heterocycles. The summed E-state index contributed by atoms with van der Waals surface area (Å²) in [5.41, 5.74) is 6.89. The van der Waals surface area contributed by atoms with Gasteiger partial charge in [0.15, 0.2) is 0 Å². The highest BCUT2D eigenvalue weighted by atomic mass is 32.2. The molecular weight excluding hydrogens is 268 g/mol. The fourth-order valence-electron chi connectivity index (χ4n) is 3.48. The van der Waals surface area contributed by atoms with E-state index in [1.54, 1.807) is 0 Å². The van der Waals surface area contributed by atoms with Crippen LogP contribution in [0, 0.1) is 0 Å². The first-order chi connectivity index (χ1) is 9.74. The summed E-state index contributed by atoms with van der Waals surface area (Å²) in [5.74, 6) is 1.47. The van der Waals surface area contributed by atoms with Gasteiger partial charge in [-0.1, -0.05) is 31.0 Å². The Balaban J connectivity index is 1.71. The Kier molecular flexibility index (Phi) is 4.32. The van der Waals surface area contributed by atoms with Gasteiger partial charge >= 0.3 is 0 Å². The Morgan fingerprint density at radius 1 is 1.30 bits per heavy atom. The quantitative estimate of drug-likeness (QED) is 0.906. The first-order valence-electron chi connectivity index (χ1n) is 7.48. The summed E-state index contributed by atoms with van der Waals surface area (Å²) in [6, 6.07) is 9.21. The van der Waals surface area contributed by atoms with E-state index < -0.39 is 0 Å². The van der Waals surface area contributed by atoms with Crippen LogP contribution in [-0.2, 0) is 4.79 Å². The van der Waals surface area contributed by atoms with Crippen LogP contribution < -0.4 is 5.73 Å². The van der Waals surface area contributed by atoms with Gasteiger partial charge in [0.05, 0.1) is 6.54 Å². The second-order valence-electron chi connectivity index (χ2n) is 5.88. The number of rotatable bonds is 5. The Labute approximate surface area is 124 Å². The van der Waals surface area contributed by atoms with Gasteiger partial charge in [-0.3, -0.25) is 9.69 Å². The minimum absolute atomic E-state index is 0.198. The third kappa shape index (κ3) is 3.01. The molecule has 0 spiro atoms. The van der Waals surface area contributed by atoms with E-state index >= 15 is 0 Å². The lowest BCUT2D eigenvalue weighted by Crippen LogP contribution is -2.42. The van der Waals surface area contributed by atoms with Crippen LogP contribution in [-0.4, -0.2) is 35.7 Å². The number of benzene rings is 1. The van der Waals surface area contributed by atoms with Gasteiger partial charge in [0.25, 0.3) is 0 Å². The maximum atomic E-state index is 11.4. The van der Waals surface area contributed by atoms with Crippen molar-refractivity contribution in [3.8, 4) is 0 Å². The molecule has 1 aromatic carbocycles. The van der Waals surface area contributed by atoms with Crippen molar-refractivity contribution >= 4 is 17.7 Å². The molecular formula is C16H22N2OS. The molecule has 3 rings (SSSR count). The van der Waals surface area contributed by atoms with Crippen LogP contribution in [0.4, 0.5) is 0 Å². The highest BCUT2D eigenvalue weighted by molar-refractivity contribution is 7.99. The molecule has 1 atom stereocenters. The summed E-state index contributed by atoms with van der Waals surface area (Å²) in [7, 11) is 0. The molecule has 3 nitrogen and oxygen atoms in total. The summed E-state index contributed by atoms with van der Waals surface area (Å²) in [5, 5.41) is 0. The molecule has 0 radical (unpaired) electrons. The third-order valence-corrected chi connectivity index (χ3v) is 5.71. The van der Waals surface area contributed by atoms with E-state index in [0.29, 0.717) is 18.5 Å². The van der Waals surface area contributed by atoms with Crippen LogP contribution in [0.1, 0.15) is 37.2 Å². The molecule has 0 saturated heterocycles. The van der Waals surface area contributed by atoms with Gasteiger partial charge in [-0.25, -0.2) is 0 Å². The molecule has 1 aliphatic carbocycles. The third-order valence-electron chi connectivity index (χ3n) is 4.45. The van der Waals surface area contributed by atoms with E-state index in [1.165, 1.54) is 36.1 Å². The number of amides is 1. The second-order valence-corrected chi connectivity index (χ2v) is 6.94. The fraction of sp³-hybridized carbons (Fsp3) is 0.562. The molecule has 2 N–H and O–H groups in total. The van der Waals surface area contributed by atoms with E-state index in [1.807, 2.05) is 11.8 Å². The topological polar surface area (TPSA) is 46.3 Å². The number of fused-ring (bicyclic) bond motifs is 1. The van der Waals surface area contributed by atoms with Crippen LogP contribution in [0.25, 0.3) is 0 Å². The van der Waals surface area contributed by atoms with Gasteiger partial charge in [0, 0.05) is 29.2 Å². The van der Waals surface area contributed by atoms with Gasteiger partial charge in [-0.2, -0.15) is 0 Å². The Morgan fingerprint density at radius 3 is 2.80 bits per heavy atom. The van der Waals surface area contributed by atoms with Crippen LogP contribution in [0.5, 0.6) is 0 Å². The van der Waals surface area contributed by atoms with Crippen molar-refractivity contribution in [2.75, 3.05) is 18.8 Å². The van der Waals surface area contributed by atoms with Gasteiger partial charge in [0.1, 0.15) is 0 Å². The first-order valence-corrected chi connectivity index (χ1v) is 8.46. The number of carbonyl (C=O) groups excluding carboxylic acids is 1. The van der Waals surface area contributed by atoms with E-state index in [4.69, 9.17) is 5.73 Å². The summed E-state index contributed by atoms with van der Waals surface area (Å²) < 4.78 is 0. The number of hydrogen-bond acceptors (Lipinski definition) is 3. The highest BCUT2D eigenvalue weighted by Crippen LogP contribution is 2.40. The predicted octanol–water partition coefficient (Wildman–Crippen LogP) is 2.61. The minimum atomic E-state index is -0.198. The zero-order valence-electron chi connectivity index (χ0n) is 11.8. The fourth-order valence-corrected chi connectivity index (χ4v) is 4.72. The van der Waals surface area contributed by atoms with Gasteiger partial charge < -0.3 is 5.73 Å². The van der Waals surface area contributed by atoms with Crippen molar-refractivity contribution in [3.05, 3.63) is 29.8 Å². The van der Waals surface area contributed by atoms with Crippen molar-refractivity contribution < 1.29 is 4.79 Å². The Morgan fingerprint density at radius 2 is 2.05 bits per heavy atom. The van der Waals surface area contributed by atoms with Crippen LogP contribution in [0.2, 0.25) is 0 Å². The molecule has 108 valence electrons. The van der Waals surface area contributed by atoms with Crippen molar-refractivity contribution in [1.29, 1.82) is 0 Å². The SMILES string of the molecule is NC(=O)CN(CC1CSc2ccccc21)C1CCCC1. The largest absolute Gasteiger partial charge is 0.369 e. The monoisotopic (exact) mass is 290 g/mol. The molecule has 4 heteroatoms. The lowest BCUT2D eigenvalue weighted by molar-refractivity contribution is -0.119. The van der Waals surface area contributed by atoms with Crippen molar-refractivity contribution in [1.82, 2.24) is 4.90 Å². The molecule has 1 unspecified atom stereocenters. The number of hydrogen-bond donors (Lipinski definition) is 1. The van der Waals surface area contributed by atoms with Crippen LogP contribution >= 0.6 is 11.8 Å². The summed E-state index contributed by atoms with van der Waals surface area (Å²) in [6.45, 7) is 1.38. The average molecular weight is 290 g/mol. The van der Waals surface area contributed by atoms with Gasteiger partial charge in [-0.15, -0.1) is 11.8 Å². The minimum Gasteiger partial charge on any atom is -0.369 e. The lowest BCUT2D eigenvalue weighted by Gasteiger charge is -2.30. The Hall–Kier alpha value is -1.00. The number of carbonyl (C=O) groups is 1. The van der Waals surface area contributed by atoms with Crippen molar-refractivity contribution in [2.45, 2.75) is 42.5 Å². The molecule has 1 aromatic rings. The molecule has 20 heavy (non-hydrogen) atoms. The number of nitrogens with zero attached hydrogens (tertiary/aromatic N) is 1. The number of nitrogens with two attached hydrogens (primary N) is 1. The predicted molar refractivity (Wildman–Crippen MR) is 82.9 cm³/mol. The van der Waals surface area contributed by atoms with Crippen molar-refractivity contribution in [2.24, 2.45) is 5.73 Å². The summed E-state index contributed by atoms with van der Waals surface area (Å²) in [4.78, 5) is 15.1. The number of thioether (sulfide) groups is 1. The maximum absolute atomic E-state index is 11.4. The van der Waals surface area contributed by atoms with Crippen LogP contribution in [0.15, 0.2) is 29.2 Å². The summed E-state index contributed by atoms with van der Waals surface area (Å²) >= 11 is 1.94. The van der Waals surface area contributed by atoms with E-state index in [-0.39, 0.29) is 5.91 Å². The number of primary amides is 1. The standard InChI is InChI=1S/C16H22N2OS/c17-16(19)10-18(13-5-1-2-6-13)9-12-11-20-15-8-4-3-7-14(12)15/h3-4,7-8,12-13H,1-2,5-6,9-11H2,(H2,17,19). The van der Waals surface area contributed by atoms with Crippen molar-refractivity contribution in [3.63, 3.8) is 0 Å². The lowest BCUT2D eigenvalue weighted by atomic mass is 9.99. The van der Waals surface area contributed by atoms with E-state index in [9.17, 15) is 4.79 Å². The maximum Gasteiger partial charge on any atom is 0.231 e.